The second kappa shape index (κ2) is 10.0. The van der Waals surface area contributed by atoms with Crippen molar-refractivity contribution in [3.8, 4) is 5.75 Å². The van der Waals surface area contributed by atoms with Crippen molar-refractivity contribution in [2.75, 3.05) is 0 Å². The maximum absolute atomic E-state index is 12.8. The Bertz CT molecular complexity index is 1420. The summed E-state index contributed by atoms with van der Waals surface area (Å²) in [5.41, 5.74) is 1.14. The molecule has 1 saturated heterocycles. The van der Waals surface area contributed by atoms with Crippen molar-refractivity contribution in [1.29, 1.82) is 0 Å². The van der Waals surface area contributed by atoms with E-state index in [1.165, 1.54) is 42.5 Å². The second-order valence-electron chi connectivity index (χ2n) is 7.08. The molecule has 11 heteroatoms. The Morgan fingerprint density at radius 1 is 0.912 bits per heavy atom. The van der Waals surface area contributed by atoms with Gasteiger partial charge in [-0.15, -0.1) is 0 Å². The summed E-state index contributed by atoms with van der Waals surface area (Å²) in [5.74, 6) is -0.417. The third-order valence-electron chi connectivity index (χ3n) is 4.66. The lowest BCUT2D eigenvalue weighted by Gasteiger charge is -2.13. The van der Waals surface area contributed by atoms with Gasteiger partial charge in [-0.2, -0.15) is 8.42 Å². The third kappa shape index (κ3) is 5.59. The Kier molecular flexibility index (Phi) is 7.25. The first-order valence-corrected chi connectivity index (χ1v) is 13.0. The molecular weight excluding hydrogens is 541 g/mol. The van der Waals surface area contributed by atoms with Crippen LogP contribution in [0.2, 0.25) is 15.1 Å². The normalized spacial score (nSPS) is 15.3. The van der Waals surface area contributed by atoms with E-state index in [-0.39, 0.29) is 22.1 Å². The van der Waals surface area contributed by atoms with Crippen molar-refractivity contribution < 1.29 is 22.2 Å². The number of halogens is 3. The van der Waals surface area contributed by atoms with Crippen LogP contribution in [0, 0.1) is 0 Å². The van der Waals surface area contributed by atoms with Crippen LogP contribution in [0.4, 0.5) is 4.79 Å². The van der Waals surface area contributed by atoms with Crippen LogP contribution in [0.3, 0.4) is 0 Å². The minimum absolute atomic E-state index is 0.0430. The number of carbonyl (C=O) groups is 2. The lowest BCUT2D eigenvalue weighted by molar-refractivity contribution is -0.123. The molecule has 0 unspecified atom stereocenters. The first kappa shape index (κ1) is 24.6. The van der Waals surface area contributed by atoms with Crippen LogP contribution in [0.25, 0.3) is 6.08 Å². The Morgan fingerprint density at radius 3 is 2.35 bits per heavy atom. The van der Waals surface area contributed by atoms with E-state index in [9.17, 15) is 18.0 Å². The number of carbonyl (C=O) groups excluding carboxylic acids is 2. The zero-order valence-corrected chi connectivity index (χ0v) is 21.0. The molecule has 0 aliphatic carbocycles. The topological polar surface area (TPSA) is 80.8 Å². The highest BCUT2D eigenvalue weighted by Crippen LogP contribution is 2.34. The molecule has 0 aromatic heterocycles. The number of amides is 2. The molecule has 2 amide bonds. The van der Waals surface area contributed by atoms with Crippen molar-refractivity contribution in [2.45, 2.75) is 11.4 Å². The molecule has 0 atom stereocenters. The predicted octanol–water partition coefficient (Wildman–Crippen LogP) is 6.65. The van der Waals surface area contributed by atoms with Gasteiger partial charge in [0.2, 0.25) is 0 Å². The van der Waals surface area contributed by atoms with Gasteiger partial charge in [0.05, 0.1) is 21.5 Å². The van der Waals surface area contributed by atoms with Crippen LogP contribution in [-0.4, -0.2) is 24.5 Å². The van der Waals surface area contributed by atoms with Gasteiger partial charge >= 0.3 is 10.1 Å². The van der Waals surface area contributed by atoms with E-state index in [1.807, 2.05) is 0 Å². The first-order chi connectivity index (χ1) is 16.1. The molecule has 1 heterocycles. The number of benzene rings is 3. The molecule has 0 bridgehead atoms. The zero-order valence-electron chi connectivity index (χ0n) is 17.1. The largest absolute Gasteiger partial charge is 0.379 e. The van der Waals surface area contributed by atoms with E-state index < -0.39 is 21.3 Å². The molecule has 6 nitrogen and oxygen atoms in total. The van der Waals surface area contributed by atoms with Crippen LogP contribution in [0.15, 0.2) is 76.5 Å². The molecule has 4 rings (SSSR count). The quantitative estimate of drug-likeness (QED) is 0.251. The number of hydrogen-bond donors (Lipinski definition) is 0. The molecule has 0 N–H and O–H groups in total. The van der Waals surface area contributed by atoms with Gasteiger partial charge in [-0.05, 0) is 77.5 Å². The molecule has 0 spiro atoms. The highest BCUT2D eigenvalue weighted by Gasteiger charge is 2.35. The third-order valence-corrected chi connectivity index (χ3v) is 7.82. The van der Waals surface area contributed by atoms with Crippen molar-refractivity contribution >= 4 is 73.9 Å². The van der Waals surface area contributed by atoms with Gasteiger partial charge in [0, 0.05) is 5.02 Å². The summed E-state index contributed by atoms with van der Waals surface area (Å²) >= 11 is 18.5. The Balaban J connectivity index is 1.52. The summed E-state index contributed by atoms with van der Waals surface area (Å²) in [7, 11) is -4.08. The minimum Gasteiger partial charge on any atom is -0.379 e. The number of thioether (sulfide) groups is 1. The Labute approximate surface area is 215 Å². The molecule has 34 heavy (non-hydrogen) atoms. The van der Waals surface area contributed by atoms with Gasteiger partial charge in [0.1, 0.15) is 10.6 Å². The number of imide groups is 1. The molecule has 1 aliphatic rings. The first-order valence-electron chi connectivity index (χ1n) is 9.62. The van der Waals surface area contributed by atoms with Gasteiger partial charge in [-0.25, -0.2) is 0 Å². The zero-order chi connectivity index (χ0) is 24.5. The van der Waals surface area contributed by atoms with E-state index in [0.717, 1.165) is 16.7 Å². The monoisotopic (exact) mass is 553 g/mol. The fraction of sp³-hybridized carbons (Fsp3) is 0.0435. The average Bonchev–Trinajstić information content (AvgIpc) is 3.04. The van der Waals surface area contributed by atoms with Gasteiger partial charge in [-0.3, -0.25) is 14.5 Å². The maximum Gasteiger partial charge on any atom is 0.339 e. The van der Waals surface area contributed by atoms with Gasteiger partial charge in [0.25, 0.3) is 11.1 Å². The Hall–Kier alpha value is -2.49. The molecule has 1 fully saturated rings. The fourth-order valence-corrected chi connectivity index (χ4v) is 5.25. The van der Waals surface area contributed by atoms with Gasteiger partial charge in [-0.1, -0.05) is 53.0 Å². The number of hydrogen-bond acceptors (Lipinski definition) is 6. The maximum atomic E-state index is 12.8. The van der Waals surface area contributed by atoms with Crippen LogP contribution >= 0.6 is 46.6 Å². The molecular formula is C23H14Cl3NO5S2. The van der Waals surface area contributed by atoms with E-state index in [1.54, 1.807) is 30.3 Å². The van der Waals surface area contributed by atoms with Crippen molar-refractivity contribution in [1.82, 2.24) is 4.90 Å². The van der Waals surface area contributed by atoms with Gasteiger partial charge < -0.3 is 4.18 Å². The van der Waals surface area contributed by atoms with Crippen LogP contribution in [0.5, 0.6) is 5.75 Å². The fourth-order valence-electron chi connectivity index (χ4n) is 3.04. The van der Waals surface area contributed by atoms with Crippen LogP contribution in [0.1, 0.15) is 11.1 Å². The van der Waals surface area contributed by atoms with Crippen LogP contribution in [-0.2, 0) is 21.5 Å². The van der Waals surface area contributed by atoms with Gasteiger partial charge in [0.15, 0.2) is 0 Å². The van der Waals surface area contributed by atoms with E-state index in [0.29, 0.717) is 26.2 Å². The average molecular weight is 555 g/mol. The highest BCUT2D eigenvalue weighted by molar-refractivity contribution is 8.18. The molecule has 3 aromatic carbocycles. The molecule has 0 radical (unpaired) electrons. The summed E-state index contributed by atoms with van der Waals surface area (Å²) in [5, 5.41) is 0.667. The standard InChI is InChI=1S/C23H14Cl3NO5S2/c24-16-5-7-18(8-6-16)34(30,31)32-17-3-1-2-14(10-17)12-21-22(28)27(23(29)33-21)13-15-4-9-19(25)20(26)11-15/h1-12H,13H2/b21-12-. The van der Waals surface area contributed by atoms with Crippen LogP contribution < -0.4 is 4.18 Å². The highest BCUT2D eigenvalue weighted by atomic mass is 35.5. The summed E-state index contributed by atoms with van der Waals surface area (Å²) in [6.07, 6.45) is 1.50. The molecule has 0 saturated carbocycles. The van der Waals surface area contributed by atoms with Crippen molar-refractivity contribution in [3.05, 3.63) is 97.8 Å². The summed E-state index contributed by atoms with van der Waals surface area (Å²) < 4.78 is 30.2. The second-order valence-corrected chi connectivity index (χ2v) is 10.9. The minimum atomic E-state index is -4.08. The molecule has 3 aromatic rings. The number of nitrogens with zero attached hydrogens (tertiary/aromatic N) is 1. The van der Waals surface area contributed by atoms with Crippen molar-refractivity contribution in [3.63, 3.8) is 0 Å². The lowest BCUT2D eigenvalue weighted by atomic mass is 10.2. The summed E-state index contributed by atoms with van der Waals surface area (Å²) in [6, 6.07) is 16.6. The summed E-state index contributed by atoms with van der Waals surface area (Å²) in [4.78, 5) is 26.5. The lowest BCUT2D eigenvalue weighted by Crippen LogP contribution is -2.27. The van der Waals surface area contributed by atoms with E-state index in [2.05, 4.69) is 0 Å². The van der Waals surface area contributed by atoms with E-state index >= 15 is 0 Å². The SMILES string of the molecule is O=C1S/C(=C\c2cccc(OS(=O)(=O)c3ccc(Cl)cc3)c2)C(=O)N1Cc1ccc(Cl)c(Cl)c1. The molecule has 174 valence electrons. The predicted molar refractivity (Wildman–Crippen MR) is 134 cm³/mol. The number of rotatable bonds is 6. The molecule has 1 aliphatic heterocycles. The van der Waals surface area contributed by atoms with E-state index in [4.69, 9.17) is 39.0 Å². The Morgan fingerprint density at radius 2 is 1.65 bits per heavy atom. The van der Waals surface area contributed by atoms with Crippen molar-refractivity contribution in [2.24, 2.45) is 0 Å². The smallest absolute Gasteiger partial charge is 0.339 e. The summed E-state index contributed by atoms with van der Waals surface area (Å²) in [6.45, 7) is 0.0430.